The molecule has 6 rings (SSSR count). The number of hydrogen-bond acceptors (Lipinski definition) is 4. The van der Waals surface area contributed by atoms with Crippen molar-refractivity contribution in [1.29, 1.82) is 0 Å². The van der Waals surface area contributed by atoms with Crippen LogP contribution < -0.4 is 0 Å². The van der Waals surface area contributed by atoms with Crippen LogP contribution in [0.15, 0.2) is 152 Å². The van der Waals surface area contributed by atoms with E-state index in [1.807, 2.05) is 68.8 Å². The molecule has 0 bridgehead atoms. The molecule has 1 atom stereocenters. The second-order valence-corrected chi connectivity index (χ2v) is 13.3. The highest BCUT2D eigenvalue weighted by molar-refractivity contribution is 7.86. The van der Waals surface area contributed by atoms with Crippen molar-refractivity contribution in [3.05, 3.63) is 186 Å². The number of benzene rings is 5. The summed E-state index contributed by atoms with van der Waals surface area (Å²) in [6, 6.07) is 45.5. The molecule has 0 amide bonds. The Hall–Kier alpha value is -5.10. The molecule has 0 saturated heterocycles. The average Bonchev–Trinajstić information content (AvgIpc) is 3.60. The van der Waals surface area contributed by atoms with Gasteiger partial charge in [0, 0.05) is 6.20 Å². The number of imidazole rings is 1. The molecule has 258 valence electrons. The average molecular weight is 703 g/mol. The molecule has 50 heavy (non-hydrogen) atoms. The van der Waals surface area contributed by atoms with Gasteiger partial charge in [-0.15, -0.1) is 0 Å². The van der Waals surface area contributed by atoms with Crippen LogP contribution in [-0.2, 0) is 21.3 Å². The first-order valence-electron chi connectivity index (χ1n) is 15.5. The van der Waals surface area contributed by atoms with Crippen LogP contribution in [0.25, 0.3) is 11.1 Å². The lowest BCUT2D eigenvalue weighted by Crippen LogP contribution is -2.37. The first-order valence-corrected chi connectivity index (χ1v) is 17.0. The summed E-state index contributed by atoms with van der Waals surface area (Å²) in [4.78, 5) is 4.91. The fourth-order valence-corrected chi connectivity index (χ4v) is 6.04. The van der Waals surface area contributed by atoms with Crippen LogP contribution >= 0.6 is 0 Å². The largest absolute Gasteiger partial charge is 0.522 e. The number of rotatable bonds is 8. The molecule has 5 aromatic carbocycles. The van der Waals surface area contributed by atoms with Gasteiger partial charge in [-0.2, -0.15) is 21.6 Å². The van der Waals surface area contributed by atoms with Crippen LogP contribution in [-0.4, -0.2) is 33.1 Å². The van der Waals surface area contributed by atoms with Crippen molar-refractivity contribution in [3.8, 4) is 11.1 Å². The summed E-state index contributed by atoms with van der Waals surface area (Å²) in [5.74, 6) is -0.471. The molecule has 6 nitrogen and oxygen atoms in total. The van der Waals surface area contributed by atoms with Crippen molar-refractivity contribution in [1.82, 2.24) is 9.55 Å². The molecule has 0 aliphatic carbocycles. The maximum absolute atomic E-state index is 13.6. The molecule has 0 aliphatic rings. The zero-order valence-electron chi connectivity index (χ0n) is 27.0. The molecule has 2 N–H and O–H groups in total. The van der Waals surface area contributed by atoms with Gasteiger partial charge in [0.15, 0.2) is 0 Å². The quantitative estimate of drug-likeness (QED) is 0.0716. The van der Waals surface area contributed by atoms with Gasteiger partial charge in [0.05, 0.1) is 12.0 Å². The van der Waals surface area contributed by atoms with Gasteiger partial charge < -0.3 is 9.67 Å². The lowest BCUT2D eigenvalue weighted by Gasteiger charge is -2.37. The fraction of sp³-hybridized carbons (Fsp3) is 0.154. The van der Waals surface area contributed by atoms with Gasteiger partial charge in [0.1, 0.15) is 17.0 Å². The van der Waals surface area contributed by atoms with Crippen molar-refractivity contribution in [2.45, 2.75) is 30.5 Å². The summed E-state index contributed by atoms with van der Waals surface area (Å²) < 4.78 is 73.3. The molecular formula is C39H34F4N2O4S. The second kappa shape index (κ2) is 14.4. The van der Waals surface area contributed by atoms with E-state index in [4.69, 9.17) is 18.0 Å². The van der Waals surface area contributed by atoms with E-state index in [2.05, 4.69) is 77.4 Å². The van der Waals surface area contributed by atoms with Crippen molar-refractivity contribution < 1.29 is 35.6 Å². The Morgan fingerprint density at radius 1 is 0.660 bits per heavy atom. The Bertz CT molecular complexity index is 2030. The summed E-state index contributed by atoms with van der Waals surface area (Å²) in [6.45, 7) is 4.00. The van der Waals surface area contributed by atoms with Crippen LogP contribution in [0, 0.1) is 11.7 Å². The minimum Gasteiger partial charge on any atom is -0.378 e. The van der Waals surface area contributed by atoms with Crippen LogP contribution in [0.2, 0.25) is 0 Å². The first-order chi connectivity index (χ1) is 23.7. The van der Waals surface area contributed by atoms with E-state index in [-0.39, 0.29) is 11.7 Å². The lowest BCUT2D eigenvalue weighted by atomic mass is 9.76. The molecule has 0 aliphatic heterocycles. The third kappa shape index (κ3) is 7.11. The van der Waals surface area contributed by atoms with Crippen molar-refractivity contribution >= 4 is 10.1 Å². The van der Waals surface area contributed by atoms with Crippen LogP contribution in [0.1, 0.15) is 41.8 Å². The predicted octanol–water partition coefficient (Wildman–Crippen LogP) is 8.82. The maximum Gasteiger partial charge on any atom is 0.522 e. The Morgan fingerprint density at radius 2 is 1.10 bits per heavy atom. The number of nitrogens with zero attached hydrogens (tertiary/aromatic N) is 2. The van der Waals surface area contributed by atoms with Crippen LogP contribution in [0.4, 0.5) is 17.6 Å². The van der Waals surface area contributed by atoms with E-state index >= 15 is 0 Å². The number of halogens is 4. The van der Waals surface area contributed by atoms with Gasteiger partial charge in [-0.25, -0.2) is 9.37 Å². The van der Waals surface area contributed by atoms with E-state index in [1.54, 1.807) is 12.1 Å². The number of hydrogen-bond donors (Lipinski definition) is 2. The van der Waals surface area contributed by atoms with Crippen LogP contribution in [0.3, 0.4) is 0 Å². The molecular weight excluding hydrogens is 668 g/mol. The molecule has 1 aromatic heterocycles. The minimum absolute atomic E-state index is 0.191. The third-order valence-corrected chi connectivity index (χ3v) is 9.13. The molecule has 11 heteroatoms. The first kappa shape index (κ1) is 36.2. The van der Waals surface area contributed by atoms with E-state index in [0.29, 0.717) is 5.69 Å². The van der Waals surface area contributed by atoms with Crippen molar-refractivity contribution in [2.75, 3.05) is 0 Å². The predicted molar refractivity (Wildman–Crippen MR) is 184 cm³/mol. The zero-order chi connectivity index (χ0) is 36.2. The summed E-state index contributed by atoms with van der Waals surface area (Å²) in [7, 11) is -5.84. The second-order valence-electron chi connectivity index (χ2n) is 11.9. The van der Waals surface area contributed by atoms with Gasteiger partial charge in [0.2, 0.25) is 0 Å². The van der Waals surface area contributed by atoms with Crippen LogP contribution in [0.5, 0.6) is 0 Å². The minimum atomic E-state index is -5.84. The van der Waals surface area contributed by atoms with Gasteiger partial charge in [-0.1, -0.05) is 135 Å². The summed E-state index contributed by atoms with van der Waals surface area (Å²) in [5, 5.41) is 12.5. The van der Waals surface area contributed by atoms with Crippen molar-refractivity contribution in [2.24, 2.45) is 5.92 Å². The Labute approximate surface area is 288 Å². The number of aliphatic hydroxyl groups is 1. The SMILES string of the molecule is CC(C)C(O)(c1cccc(-c2ccc(F)cc2)c1)c1cn(C(c2ccccc2)(c2ccccc2)c2ccccc2)cn1.O=S(=O)(O)C(F)(F)F. The molecule has 0 fully saturated rings. The normalized spacial score (nSPS) is 13.3. The van der Waals surface area contributed by atoms with Gasteiger partial charge in [-0.05, 0) is 57.5 Å². The standard InChI is InChI=1S/C38H33FN2O.CHF3O3S/c1-28(2)38(42,34-20-12-13-30(25-34)29-21-23-35(39)24-22-29)36-26-41(27-40-36)37(31-14-6-3-7-15-31,32-16-8-4-9-17-32)33-18-10-5-11-19-33;2-1(3,4)8(5,6)7/h3-28,42H,1-2H3;(H,5,6,7). The van der Waals surface area contributed by atoms with E-state index in [0.717, 1.165) is 33.4 Å². The molecule has 0 saturated carbocycles. The van der Waals surface area contributed by atoms with E-state index < -0.39 is 26.8 Å². The number of alkyl halides is 3. The third-order valence-electron chi connectivity index (χ3n) is 8.54. The Kier molecular flexibility index (Phi) is 10.4. The Morgan fingerprint density at radius 3 is 1.52 bits per heavy atom. The highest BCUT2D eigenvalue weighted by atomic mass is 32.2. The van der Waals surface area contributed by atoms with E-state index in [9.17, 15) is 22.7 Å². The summed E-state index contributed by atoms with van der Waals surface area (Å²) in [6.07, 6.45) is 3.82. The fourth-order valence-electron chi connectivity index (χ4n) is 6.04. The smallest absolute Gasteiger partial charge is 0.378 e. The lowest BCUT2D eigenvalue weighted by molar-refractivity contribution is -0.0510. The van der Waals surface area contributed by atoms with E-state index in [1.165, 1.54) is 12.1 Å². The molecule has 1 heterocycles. The highest BCUT2D eigenvalue weighted by Crippen LogP contribution is 2.43. The zero-order valence-corrected chi connectivity index (χ0v) is 27.9. The summed E-state index contributed by atoms with van der Waals surface area (Å²) in [5.41, 5.74) is -1.33. The topological polar surface area (TPSA) is 92.4 Å². The Balaban J connectivity index is 0.000000544. The van der Waals surface area contributed by atoms with Gasteiger partial charge in [-0.3, -0.25) is 4.55 Å². The molecule has 0 spiro atoms. The van der Waals surface area contributed by atoms with Crippen molar-refractivity contribution in [3.63, 3.8) is 0 Å². The maximum atomic E-state index is 13.6. The van der Waals surface area contributed by atoms with Gasteiger partial charge >= 0.3 is 15.6 Å². The highest BCUT2D eigenvalue weighted by Gasteiger charge is 2.44. The van der Waals surface area contributed by atoms with Gasteiger partial charge in [0.25, 0.3) is 0 Å². The monoisotopic (exact) mass is 702 g/mol. The summed E-state index contributed by atoms with van der Waals surface area (Å²) >= 11 is 0. The molecule has 1 unspecified atom stereocenters. The number of aromatic nitrogens is 2. The molecule has 6 aromatic rings. The molecule has 0 radical (unpaired) electrons.